The molecule has 1 aliphatic heterocycles. The molecule has 1 aromatic rings. The lowest BCUT2D eigenvalue weighted by atomic mass is 10.2. The fraction of sp³-hybridized carbons (Fsp3) is 0.400. The van der Waals surface area contributed by atoms with Crippen molar-refractivity contribution in [3.63, 3.8) is 0 Å². The molecule has 1 N–H and O–H groups in total. The highest BCUT2D eigenvalue weighted by molar-refractivity contribution is 8.07. The molecule has 0 unspecified atom stereocenters. The first-order valence-corrected chi connectivity index (χ1v) is 7.32. The van der Waals surface area contributed by atoms with Gasteiger partial charge in [0.2, 0.25) is 0 Å². The van der Waals surface area contributed by atoms with E-state index in [1.807, 2.05) is 11.8 Å². The lowest BCUT2D eigenvalue weighted by Crippen LogP contribution is -2.68. The van der Waals surface area contributed by atoms with Gasteiger partial charge in [-0.25, -0.2) is 4.99 Å². The summed E-state index contributed by atoms with van der Waals surface area (Å²) in [7, 11) is 0. The van der Waals surface area contributed by atoms with Gasteiger partial charge in [-0.3, -0.25) is 0 Å². The highest BCUT2D eigenvalue weighted by atomic mass is 32.2. The minimum absolute atomic E-state index is 1.09. The quantitative estimate of drug-likeness (QED) is 0.710. The maximum atomic E-state index is 3.36. The van der Waals surface area contributed by atoms with Crippen molar-refractivity contribution in [2.75, 3.05) is 12.3 Å². The van der Waals surface area contributed by atoms with Crippen LogP contribution in [0.4, 0.5) is 0 Å². The number of rotatable bonds is 0. The van der Waals surface area contributed by atoms with Gasteiger partial charge in [0.25, 0.3) is 0 Å². The molecule has 1 aromatic carbocycles. The summed E-state index contributed by atoms with van der Waals surface area (Å²) in [6.45, 7) is 3.32. The third kappa shape index (κ3) is 3.74. The Morgan fingerprint density at radius 1 is 1.12 bits per heavy atom. The lowest BCUT2D eigenvalue weighted by Gasteiger charge is -2.02. The molecule has 0 atom stereocenters. The molecule has 1 nitrogen and oxygen atoms in total. The van der Waals surface area contributed by atoms with Gasteiger partial charge in [0.15, 0.2) is 6.21 Å². The average Bonchev–Trinajstić information content (AvgIpc) is 2.35. The number of nitrogens with one attached hydrogen (secondary N) is 1. The van der Waals surface area contributed by atoms with Crippen molar-refractivity contribution >= 4 is 29.0 Å². The van der Waals surface area contributed by atoms with Crippen molar-refractivity contribution in [2.45, 2.75) is 26.2 Å². The Balaban J connectivity index is 2.45. The van der Waals surface area contributed by atoms with Gasteiger partial charge in [-0.1, -0.05) is 24.3 Å². The predicted octanol–water partition coefficient (Wildman–Crippen LogP) is 0.664. The van der Waals surface area contributed by atoms with Crippen LogP contribution in [0.2, 0.25) is 0 Å². The van der Waals surface area contributed by atoms with E-state index >= 15 is 0 Å². The van der Waals surface area contributed by atoms with E-state index in [1.165, 1.54) is 40.4 Å². The Bertz CT molecular complexity index is 502. The molecule has 0 fully saturated rings. The molecule has 1 aliphatic rings. The highest BCUT2D eigenvalue weighted by Gasteiger charge is 1.97. The number of hydrogen-bond donors (Lipinski definition) is 1. The van der Waals surface area contributed by atoms with E-state index in [4.69, 9.17) is 0 Å². The van der Waals surface area contributed by atoms with Gasteiger partial charge in [-0.15, -0.1) is 11.8 Å². The summed E-state index contributed by atoms with van der Waals surface area (Å²) in [4.78, 5) is 4.80. The summed E-state index contributed by atoms with van der Waals surface area (Å²) in [5.74, 6) is 1.24. The van der Waals surface area contributed by atoms with Crippen LogP contribution in [0, 0.1) is 0 Å². The first kappa shape index (κ1) is 12.4. The fourth-order valence-corrected chi connectivity index (χ4v) is 3.00. The second kappa shape index (κ2) is 6.65. The zero-order valence-corrected chi connectivity index (χ0v) is 11.2. The maximum absolute atomic E-state index is 3.36. The standard InChI is InChI=1S/C15H19NS/c1-13-15-8-4-3-7-14(15)9-11-16-10-5-2-6-12-17-13/h3-4,7-9,11H,2,5-6,10,12H2,1H3/p+1/b14-9-,15-13+,16-11?. The molecule has 0 radical (unpaired) electrons. The zero-order valence-electron chi connectivity index (χ0n) is 10.4. The van der Waals surface area contributed by atoms with E-state index < -0.39 is 0 Å². The first-order chi connectivity index (χ1) is 8.38. The minimum Gasteiger partial charge on any atom is -0.248 e. The SMILES string of the molecule is C/C1=c2/cccc/c2=C/C=[NH+]CCCCCS1. The molecule has 0 amide bonds. The Labute approximate surface area is 107 Å². The Kier molecular flexibility index (Phi) is 4.87. The van der Waals surface area contributed by atoms with Gasteiger partial charge in [0, 0.05) is 12.5 Å². The van der Waals surface area contributed by atoms with Crippen LogP contribution in [0.3, 0.4) is 0 Å². The van der Waals surface area contributed by atoms with Gasteiger partial charge >= 0.3 is 0 Å². The molecule has 17 heavy (non-hydrogen) atoms. The summed E-state index contributed by atoms with van der Waals surface area (Å²) in [6, 6.07) is 8.63. The van der Waals surface area contributed by atoms with Gasteiger partial charge in [0.1, 0.15) is 6.54 Å². The molecule has 0 bridgehead atoms. The van der Waals surface area contributed by atoms with E-state index in [0.29, 0.717) is 0 Å². The third-order valence-corrected chi connectivity index (χ3v) is 4.15. The Morgan fingerprint density at radius 2 is 2.00 bits per heavy atom. The normalized spacial score (nSPS) is 22.8. The van der Waals surface area contributed by atoms with Crippen LogP contribution in [0.5, 0.6) is 0 Å². The molecule has 2 rings (SSSR count). The second-order valence-electron chi connectivity index (χ2n) is 4.34. The largest absolute Gasteiger partial charge is 0.248 e. The molecule has 2 heteroatoms. The predicted molar refractivity (Wildman–Crippen MR) is 77.4 cm³/mol. The third-order valence-electron chi connectivity index (χ3n) is 3.00. The minimum atomic E-state index is 1.09. The molecule has 0 saturated heterocycles. The van der Waals surface area contributed by atoms with Crippen molar-refractivity contribution in [2.24, 2.45) is 0 Å². The molecule has 0 spiro atoms. The fourth-order valence-electron chi connectivity index (χ4n) is 2.00. The monoisotopic (exact) mass is 246 g/mol. The van der Waals surface area contributed by atoms with Crippen LogP contribution in [0.1, 0.15) is 26.2 Å². The highest BCUT2D eigenvalue weighted by Crippen LogP contribution is 2.16. The van der Waals surface area contributed by atoms with Crippen LogP contribution < -0.4 is 15.4 Å². The molecular weight excluding hydrogens is 226 g/mol. The van der Waals surface area contributed by atoms with E-state index in [9.17, 15) is 0 Å². The van der Waals surface area contributed by atoms with Gasteiger partial charge < -0.3 is 0 Å². The van der Waals surface area contributed by atoms with Gasteiger partial charge in [0.05, 0.1) is 0 Å². The van der Waals surface area contributed by atoms with Crippen LogP contribution in [0.15, 0.2) is 24.3 Å². The molecule has 0 aromatic heterocycles. The van der Waals surface area contributed by atoms with E-state index in [0.717, 1.165) is 6.54 Å². The van der Waals surface area contributed by atoms with Crippen molar-refractivity contribution in [3.05, 3.63) is 34.7 Å². The number of thioether (sulfide) groups is 1. The van der Waals surface area contributed by atoms with E-state index in [1.54, 1.807) is 0 Å². The van der Waals surface area contributed by atoms with E-state index in [2.05, 4.69) is 48.5 Å². The molecule has 0 saturated carbocycles. The van der Waals surface area contributed by atoms with Gasteiger partial charge in [-0.05, 0) is 40.9 Å². The summed E-state index contributed by atoms with van der Waals surface area (Å²) in [6.07, 6.45) is 8.17. The van der Waals surface area contributed by atoms with Crippen LogP contribution >= 0.6 is 11.8 Å². The lowest BCUT2D eigenvalue weighted by molar-refractivity contribution is -0.450. The number of fused-ring (bicyclic) bond motifs is 1. The average molecular weight is 246 g/mol. The van der Waals surface area contributed by atoms with Crippen molar-refractivity contribution in [1.82, 2.24) is 0 Å². The van der Waals surface area contributed by atoms with Crippen molar-refractivity contribution < 1.29 is 4.99 Å². The zero-order chi connectivity index (χ0) is 11.9. The molecular formula is C15H20NS+. The van der Waals surface area contributed by atoms with E-state index in [-0.39, 0.29) is 0 Å². The number of hydrogen-bond acceptors (Lipinski definition) is 1. The molecule has 1 heterocycles. The summed E-state index contributed by atoms with van der Waals surface area (Å²) < 4.78 is 0. The van der Waals surface area contributed by atoms with Gasteiger partial charge in [-0.2, -0.15) is 0 Å². The summed E-state index contributed by atoms with van der Waals surface area (Å²) in [5.41, 5.74) is 0. The second-order valence-corrected chi connectivity index (χ2v) is 5.65. The van der Waals surface area contributed by atoms with Crippen molar-refractivity contribution in [3.8, 4) is 0 Å². The smallest absolute Gasteiger partial charge is 0.162 e. The molecule has 90 valence electrons. The molecule has 0 aliphatic carbocycles. The van der Waals surface area contributed by atoms with Crippen LogP contribution in [-0.4, -0.2) is 18.5 Å². The van der Waals surface area contributed by atoms with Crippen molar-refractivity contribution in [1.29, 1.82) is 0 Å². The summed E-state index contributed by atoms with van der Waals surface area (Å²) >= 11 is 2.00. The summed E-state index contributed by atoms with van der Waals surface area (Å²) in [5, 5.41) is 2.68. The van der Waals surface area contributed by atoms with Crippen LogP contribution in [0.25, 0.3) is 11.0 Å². The first-order valence-electron chi connectivity index (χ1n) is 6.33. The topological polar surface area (TPSA) is 14.0 Å². The Hall–Kier alpha value is -1.02. The maximum Gasteiger partial charge on any atom is 0.162 e. The van der Waals surface area contributed by atoms with Crippen LogP contribution in [-0.2, 0) is 0 Å². The number of benzene rings is 1. The Morgan fingerprint density at radius 3 is 2.94 bits per heavy atom.